The summed E-state index contributed by atoms with van der Waals surface area (Å²) in [7, 11) is 0. The molecule has 98 valence electrons. The summed E-state index contributed by atoms with van der Waals surface area (Å²) < 4.78 is 36.2. The number of halogens is 3. The van der Waals surface area contributed by atoms with Crippen LogP contribution in [0.2, 0.25) is 0 Å². The molecule has 8 heteroatoms. The van der Waals surface area contributed by atoms with E-state index in [0.717, 1.165) is 0 Å². The molecular formula is C9H12F3NO4. The minimum atomic E-state index is -5.11. The molecule has 1 amide bonds. The van der Waals surface area contributed by atoms with Crippen molar-refractivity contribution in [3.8, 4) is 0 Å². The first kappa shape index (κ1) is 13.8. The summed E-state index contributed by atoms with van der Waals surface area (Å²) in [4.78, 5) is 21.7. The maximum atomic E-state index is 12.1. The highest BCUT2D eigenvalue weighted by Gasteiger charge is 2.48. The number of aliphatic hydroxyl groups is 1. The van der Waals surface area contributed by atoms with Crippen LogP contribution in [0, 0.1) is 0 Å². The summed E-state index contributed by atoms with van der Waals surface area (Å²) in [6.07, 6.45) is -6.19. The Bertz CT molecular complexity index is 321. The second-order valence-electron chi connectivity index (χ2n) is 4.07. The molecule has 0 radical (unpaired) electrons. The second kappa shape index (κ2) is 4.52. The predicted molar refractivity (Wildman–Crippen MR) is 49.0 cm³/mol. The van der Waals surface area contributed by atoms with Crippen LogP contribution in [-0.2, 0) is 9.59 Å². The Morgan fingerprint density at radius 3 is 2.06 bits per heavy atom. The van der Waals surface area contributed by atoms with Gasteiger partial charge in [-0.2, -0.15) is 13.2 Å². The third-order valence-corrected chi connectivity index (χ3v) is 2.83. The van der Waals surface area contributed by atoms with Gasteiger partial charge >= 0.3 is 18.1 Å². The maximum absolute atomic E-state index is 12.1. The lowest BCUT2D eigenvalue weighted by atomic mass is 9.80. The van der Waals surface area contributed by atoms with Crippen molar-refractivity contribution in [1.29, 1.82) is 0 Å². The van der Waals surface area contributed by atoms with Gasteiger partial charge in [-0.3, -0.25) is 4.79 Å². The molecule has 0 heterocycles. The number of aliphatic carboxylic acids is 1. The molecular weight excluding hydrogens is 243 g/mol. The summed E-state index contributed by atoms with van der Waals surface area (Å²) in [6, 6.07) is 0. The number of carbonyl (C=O) groups excluding carboxylic acids is 1. The second-order valence-corrected chi connectivity index (χ2v) is 4.07. The molecule has 0 atom stereocenters. The van der Waals surface area contributed by atoms with E-state index in [9.17, 15) is 27.9 Å². The van der Waals surface area contributed by atoms with E-state index < -0.39 is 29.7 Å². The Labute approximate surface area is 94.6 Å². The minimum Gasteiger partial charge on any atom is -0.480 e. The molecule has 0 aromatic rings. The lowest BCUT2D eigenvalue weighted by molar-refractivity contribution is -0.178. The predicted octanol–water partition coefficient (Wildman–Crippen LogP) is 0.423. The van der Waals surface area contributed by atoms with Crippen molar-refractivity contribution in [2.24, 2.45) is 0 Å². The third kappa shape index (κ3) is 3.09. The van der Waals surface area contributed by atoms with Crippen molar-refractivity contribution >= 4 is 11.9 Å². The van der Waals surface area contributed by atoms with Crippen molar-refractivity contribution in [1.82, 2.24) is 5.32 Å². The van der Waals surface area contributed by atoms with E-state index in [1.165, 1.54) is 5.32 Å². The monoisotopic (exact) mass is 255 g/mol. The summed E-state index contributed by atoms with van der Waals surface area (Å²) in [5.41, 5.74) is -1.92. The van der Waals surface area contributed by atoms with Gasteiger partial charge in [-0.1, -0.05) is 0 Å². The van der Waals surface area contributed by atoms with Crippen LogP contribution in [-0.4, -0.2) is 39.9 Å². The number of carboxylic acid groups (broad SMARTS) is 1. The molecule has 0 aromatic carbocycles. The minimum absolute atomic E-state index is 0.0461. The fourth-order valence-corrected chi connectivity index (χ4v) is 1.78. The zero-order valence-corrected chi connectivity index (χ0v) is 8.75. The number of hydrogen-bond donors (Lipinski definition) is 3. The summed E-state index contributed by atoms with van der Waals surface area (Å²) in [5.74, 6) is -3.78. The smallest absolute Gasteiger partial charge is 0.471 e. The lowest BCUT2D eigenvalue weighted by Crippen LogP contribution is -2.59. The van der Waals surface area contributed by atoms with Gasteiger partial charge in [0.2, 0.25) is 0 Å². The zero-order chi connectivity index (χ0) is 13.3. The van der Waals surface area contributed by atoms with E-state index >= 15 is 0 Å². The Kier molecular flexibility index (Phi) is 3.65. The number of alkyl halides is 3. The number of amides is 1. The highest BCUT2D eigenvalue weighted by atomic mass is 19.4. The van der Waals surface area contributed by atoms with Crippen LogP contribution >= 0.6 is 0 Å². The summed E-state index contributed by atoms with van der Waals surface area (Å²) >= 11 is 0. The lowest BCUT2D eigenvalue weighted by Gasteiger charge is -2.35. The summed E-state index contributed by atoms with van der Waals surface area (Å²) in [5, 5.41) is 19.6. The molecule has 1 rings (SSSR count). The van der Waals surface area contributed by atoms with Crippen LogP contribution in [0.15, 0.2) is 0 Å². The number of rotatable bonds is 2. The average Bonchev–Trinajstić information content (AvgIpc) is 2.20. The average molecular weight is 255 g/mol. The Balaban J connectivity index is 2.81. The van der Waals surface area contributed by atoms with Crippen LogP contribution in [0.4, 0.5) is 13.2 Å². The van der Waals surface area contributed by atoms with Crippen LogP contribution in [0.5, 0.6) is 0 Å². The number of aliphatic hydroxyl groups excluding tert-OH is 1. The van der Waals surface area contributed by atoms with E-state index in [4.69, 9.17) is 5.11 Å². The molecule has 1 aliphatic rings. The van der Waals surface area contributed by atoms with Crippen molar-refractivity contribution in [3.63, 3.8) is 0 Å². The quantitative estimate of drug-likeness (QED) is 0.667. The highest BCUT2D eigenvalue weighted by molar-refractivity contribution is 5.89. The van der Waals surface area contributed by atoms with Gasteiger partial charge in [0, 0.05) is 0 Å². The van der Waals surface area contributed by atoms with Crippen LogP contribution in [0.3, 0.4) is 0 Å². The molecule has 5 nitrogen and oxygen atoms in total. The molecule has 3 N–H and O–H groups in total. The molecule has 0 unspecified atom stereocenters. The molecule has 0 aromatic heterocycles. The highest BCUT2D eigenvalue weighted by Crippen LogP contribution is 2.30. The largest absolute Gasteiger partial charge is 0.480 e. The van der Waals surface area contributed by atoms with E-state index in [1.54, 1.807) is 0 Å². The first-order valence-electron chi connectivity index (χ1n) is 4.98. The molecule has 1 fully saturated rings. The number of carbonyl (C=O) groups is 2. The maximum Gasteiger partial charge on any atom is 0.471 e. The number of nitrogens with one attached hydrogen (secondary N) is 1. The van der Waals surface area contributed by atoms with Crippen molar-refractivity contribution < 1.29 is 33.0 Å². The van der Waals surface area contributed by atoms with Gasteiger partial charge in [0.15, 0.2) is 0 Å². The van der Waals surface area contributed by atoms with Crippen LogP contribution < -0.4 is 5.32 Å². The van der Waals surface area contributed by atoms with Gasteiger partial charge in [-0.05, 0) is 25.7 Å². The topological polar surface area (TPSA) is 86.6 Å². The standard InChI is InChI=1S/C9H12F3NO4/c10-9(11,12)6(15)13-8(7(16)17)3-1-5(14)2-4-8/h5,14H,1-4H2,(H,13,15)(H,16,17). The molecule has 0 bridgehead atoms. The molecule has 1 aliphatic carbocycles. The van der Waals surface area contributed by atoms with Gasteiger partial charge in [0.25, 0.3) is 0 Å². The van der Waals surface area contributed by atoms with Crippen LogP contribution in [0.1, 0.15) is 25.7 Å². The van der Waals surface area contributed by atoms with Gasteiger partial charge in [0.1, 0.15) is 5.54 Å². The van der Waals surface area contributed by atoms with Crippen LogP contribution in [0.25, 0.3) is 0 Å². The van der Waals surface area contributed by atoms with Gasteiger partial charge in [-0.25, -0.2) is 4.79 Å². The molecule has 0 aliphatic heterocycles. The van der Waals surface area contributed by atoms with E-state index in [0.29, 0.717) is 0 Å². The van der Waals surface area contributed by atoms with Crippen molar-refractivity contribution in [2.45, 2.75) is 43.5 Å². The Hall–Kier alpha value is -1.31. The first-order valence-corrected chi connectivity index (χ1v) is 4.98. The number of carboxylic acids is 1. The number of hydrogen-bond acceptors (Lipinski definition) is 3. The normalized spacial score (nSPS) is 29.8. The van der Waals surface area contributed by atoms with Gasteiger partial charge < -0.3 is 15.5 Å². The molecule has 17 heavy (non-hydrogen) atoms. The van der Waals surface area contributed by atoms with Crippen molar-refractivity contribution in [2.75, 3.05) is 0 Å². The van der Waals surface area contributed by atoms with Gasteiger partial charge in [-0.15, -0.1) is 0 Å². The molecule has 0 spiro atoms. The first-order chi connectivity index (χ1) is 7.67. The van der Waals surface area contributed by atoms with Crippen molar-refractivity contribution in [3.05, 3.63) is 0 Å². The van der Waals surface area contributed by atoms with E-state index in [-0.39, 0.29) is 25.7 Å². The SMILES string of the molecule is O=C(NC1(C(=O)O)CCC(O)CC1)C(F)(F)F. The Morgan fingerprint density at radius 1 is 1.24 bits per heavy atom. The fourth-order valence-electron chi connectivity index (χ4n) is 1.78. The van der Waals surface area contributed by atoms with E-state index in [2.05, 4.69) is 0 Å². The fraction of sp³-hybridized carbons (Fsp3) is 0.778. The van der Waals surface area contributed by atoms with E-state index in [1.807, 2.05) is 0 Å². The molecule has 0 saturated heterocycles. The van der Waals surface area contributed by atoms with Gasteiger partial charge in [0.05, 0.1) is 6.10 Å². The molecule has 1 saturated carbocycles. The Morgan fingerprint density at radius 2 is 1.71 bits per heavy atom. The third-order valence-electron chi connectivity index (χ3n) is 2.83. The zero-order valence-electron chi connectivity index (χ0n) is 8.75. The summed E-state index contributed by atoms with van der Waals surface area (Å²) in [6.45, 7) is 0.